The highest BCUT2D eigenvalue weighted by molar-refractivity contribution is 7.98. The smallest absolute Gasteiger partial charge is 0.0481 e. The zero-order valence-electron chi connectivity index (χ0n) is 7.00. The van der Waals surface area contributed by atoms with Gasteiger partial charge in [0, 0.05) is 11.4 Å². The van der Waals surface area contributed by atoms with Crippen molar-refractivity contribution in [3.05, 3.63) is 41.5 Å². The molecule has 1 nitrogen and oxygen atoms in total. The molecule has 1 aromatic rings. The Kier molecular flexibility index (Phi) is 2.09. The lowest BCUT2D eigenvalue weighted by atomic mass is 10.1. The second-order valence-electron chi connectivity index (χ2n) is 2.90. The molecule has 0 bridgehead atoms. The van der Waals surface area contributed by atoms with E-state index in [1.54, 1.807) is 11.9 Å². The predicted octanol–water partition coefficient (Wildman–Crippen LogP) is 2.59. The molecule has 0 aliphatic carbocycles. The van der Waals surface area contributed by atoms with Gasteiger partial charge in [-0.3, -0.25) is 0 Å². The average Bonchev–Trinajstić information content (AvgIpc) is 2.58. The topological polar surface area (TPSA) is 12.0 Å². The summed E-state index contributed by atoms with van der Waals surface area (Å²) in [6, 6.07) is 8.59. The number of hydrogen-bond acceptors (Lipinski definition) is 2. The Hall–Kier alpha value is -0.890. The number of rotatable bonds is 1. The van der Waals surface area contributed by atoms with Gasteiger partial charge in [-0.1, -0.05) is 29.8 Å². The van der Waals surface area contributed by atoms with Crippen molar-refractivity contribution in [2.45, 2.75) is 6.92 Å². The number of benzene rings is 1. The molecule has 0 unspecified atom stereocenters. The van der Waals surface area contributed by atoms with E-state index in [1.165, 1.54) is 16.8 Å². The Bertz CT molecular complexity index is 300. The molecule has 1 aliphatic heterocycles. The molecule has 1 aliphatic rings. The standard InChI is InChI=1S/C10H11NS/c1-8-2-4-9(5-3-8)10-6-7-12-11-10/h2-6,11H,7H2,1H3. The van der Waals surface area contributed by atoms with E-state index in [0.717, 1.165) is 5.75 Å². The highest BCUT2D eigenvalue weighted by atomic mass is 32.2. The van der Waals surface area contributed by atoms with Gasteiger partial charge in [-0.2, -0.15) is 0 Å². The Morgan fingerprint density at radius 2 is 2.00 bits per heavy atom. The minimum Gasteiger partial charge on any atom is -0.329 e. The average molecular weight is 177 g/mol. The molecule has 0 saturated carbocycles. The summed E-state index contributed by atoms with van der Waals surface area (Å²) in [6.07, 6.45) is 2.22. The summed E-state index contributed by atoms with van der Waals surface area (Å²) in [5, 5.41) is 0. The predicted molar refractivity (Wildman–Crippen MR) is 54.7 cm³/mol. The van der Waals surface area contributed by atoms with Gasteiger partial charge < -0.3 is 4.72 Å². The fraction of sp³-hybridized carbons (Fsp3) is 0.200. The molecule has 1 N–H and O–H groups in total. The van der Waals surface area contributed by atoms with E-state index in [-0.39, 0.29) is 0 Å². The lowest BCUT2D eigenvalue weighted by molar-refractivity contribution is 1.40. The van der Waals surface area contributed by atoms with E-state index < -0.39 is 0 Å². The number of hydrogen-bond donors (Lipinski definition) is 1. The SMILES string of the molecule is Cc1ccc(C2=CCSN2)cc1. The third kappa shape index (κ3) is 1.48. The van der Waals surface area contributed by atoms with Crippen LogP contribution in [0.15, 0.2) is 30.3 Å². The van der Waals surface area contributed by atoms with Crippen LogP contribution in [0.4, 0.5) is 0 Å². The summed E-state index contributed by atoms with van der Waals surface area (Å²) in [5.41, 5.74) is 3.84. The maximum absolute atomic E-state index is 3.27. The van der Waals surface area contributed by atoms with Crippen molar-refractivity contribution >= 4 is 17.6 Å². The van der Waals surface area contributed by atoms with Crippen molar-refractivity contribution in [1.29, 1.82) is 0 Å². The summed E-state index contributed by atoms with van der Waals surface area (Å²) in [4.78, 5) is 0. The van der Waals surface area contributed by atoms with Crippen LogP contribution in [-0.4, -0.2) is 5.75 Å². The first-order chi connectivity index (χ1) is 5.86. The Morgan fingerprint density at radius 3 is 2.58 bits per heavy atom. The molecule has 0 fully saturated rings. The van der Waals surface area contributed by atoms with Gasteiger partial charge in [0.1, 0.15) is 0 Å². The van der Waals surface area contributed by atoms with Crippen LogP contribution in [0.1, 0.15) is 11.1 Å². The van der Waals surface area contributed by atoms with E-state index in [2.05, 4.69) is 42.0 Å². The van der Waals surface area contributed by atoms with Gasteiger partial charge in [0.05, 0.1) is 0 Å². The van der Waals surface area contributed by atoms with Crippen molar-refractivity contribution in [3.63, 3.8) is 0 Å². The summed E-state index contributed by atoms with van der Waals surface area (Å²) >= 11 is 1.74. The zero-order valence-corrected chi connectivity index (χ0v) is 7.82. The van der Waals surface area contributed by atoms with Crippen LogP contribution < -0.4 is 4.72 Å². The molecule has 62 valence electrons. The van der Waals surface area contributed by atoms with E-state index in [9.17, 15) is 0 Å². The monoisotopic (exact) mass is 177 g/mol. The molecule has 1 aromatic carbocycles. The van der Waals surface area contributed by atoms with Gasteiger partial charge in [-0.25, -0.2) is 0 Å². The summed E-state index contributed by atoms with van der Waals surface area (Å²) in [6.45, 7) is 2.11. The Labute approximate surface area is 77.0 Å². The van der Waals surface area contributed by atoms with Crippen LogP contribution in [0, 0.1) is 6.92 Å². The van der Waals surface area contributed by atoms with Gasteiger partial charge >= 0.3 is 0 Å². The molecular formula is C10H11NS. The van der Waals surface area contributed by atoms with Crippen LogP contribution in [-0.2, 0) is 0 Å². The van der Waals surface area contributed by atoms with Crippen molar-refractivity contribution in [3.8, 4) is 0 Å². The molecule has 0 spiro atoms. The molecule has 1 heterocycles. The first kappa shape index (κ1) is 7.74. The third-order valence-electron chi connectivity index (χ3n) is 1.92. The van der Waals surface area contributed by atoms with Crippen LogP contribution in [0.25, 0.3) is 5.70 Å². The number of nitrogens with one attached hydrogen (secondary N) is 1. The highest BCUT2D eigenvalue weighted by Crippen LogP contribution is 2.20. The second kappa shape index (κ2) is 3.23. The van der Waals surface area contributed by atoms with E-state index >= 15 is 0 Å². The van der Waals surface area contributed by atoms with Crippen molar-refractivity contribution in [2.75, 3.05) is 5.75 Å². The normalized spacial score (nSPS) is 15.6. The molecular weight excluding hydrogens is 166 g/mol. The first-order valence-corrected chi connectivity index (χ1v) is 5.00. The summed E-state index contributed by atoms with van der Waals surface area (Å²) in [7, 11) is 0. The largest absolute Gasteiger partial charge is 0.329 e. The minimum atomic E-state index is 1.07. The lowest BCUT2D eigenvalue weighted by Gasteiger charge is -2.02. The van der Waals surface area contributed by atoms with Crippen LogP contribution >= 0.6 is 11.9 Å². The van der Waals surface area contributed by atoms with Crippen LogP contribution in [0.5, 0.6) is 0 Å². The maximum atomic E-state index is 3.27. The van der Waals surface area contributed by atoms with Gasteiger partial charge in [0.25, 0.3) is 0 Å². The van der Waals surface area contributed by atoms with E-state index in [1.807, 2.05) is 0 Å². The lowest BCUT2D eigenvalue weighted by Crippen LogP contribution is -1.95. The van der Waals surface area contributed by atoms with Crippen LogP contribution in [0.2, 0.25) is 0 Å². The molecule has 0 radical (unpaired) electrons. The molecule has 0 aromatic heterocycles. The second-order valence-corrected chi connectivity index (χ2v) is 3.72. The van der Waals surface area contributed by atoms with Gasteiger partial charge in [0.2, 0.25) is 0 Å². The quantitative estimate of drug-likeness (QED) is 0.662. The highest BCUT2D eigenvalue weighted by Gasteiger charge is 2.05. The molecule has 0 saturated heterocycles. The molecule has 0 amide bonds. The first-order valence-electron chi connectivity index (χ1n) is 4.01. The van der Waals surface area contributed by atoms with E-state index in [4.69, 9.17) is 0 Å². The van der Waals surface area contributed by atoms with Crippen LogP contribution in [0.3, 0.4) is 0 Å². The fourth-order valence-electron chi connectivity index (χ4n) is 1.20. The molecule has 2 heteroatoms. The molecule has 12 heavy (non-hydrogen) atoms. The fourth-order valence-corrected chi connectivity index (χ4v) is 1.89. The van der Waals surface area contributed by atoms with Crippen molar-refractivity contribution < 1.29 is 0 Å². The third-order valence-corrected chi connectivity index (χ3v) is 2.61. The maximum Gasteiger partial charge on any atom is 0.0481 e. The van der Waals surface area contributed by atoms with Crippen molar-refractivity contribution in [1.82, 2.24) is 4.72 Å². The molecule has 2 rings (SSSR count). The minimum absolute atomic E-state index is 1.07. The zero-order chi connectivity index (χ0) is 8.39. The summed E-state index contributed by atoms with van der Waals surface area (Å²) in [5.74, 6) is 1.07. The van der Waals surface area contributed by atoms with Crippen molar-refractivity contribution in [2.24, 2.45) is 0 Å². The molecule has 0 atom stereocenters. The van der Waals surface area contributed by atoms with Gasteiger partial charge in [-0.15, -0.1) is 0 Å². The Balaban J connectivity index is 2.28. The van der Waals surface area contributed by atoms with Gasteiger partial charge in [-0.05, 0) is 30.5 Å². The number of aryl methyl sites for hydroxylation is 1. The van der Waals surface area contributed by atoms with Gasteiger partial charge in [0.15, 0.2) is 0 Å². The Morgan fingerprint density at radius 1 is 1.25 bits per heavy atom. The van der Waals surface area contributed by atoms with E-state index in [0.29, 0.717) is 0 Å². The summed E-state index contributed by atoms with van der Waals surface area (Å²) < 4.78 is 3.27.